The van der Waals surface area contributed by atoms with Gasteiger partial charge in [-0.25, -0.2) is 4.98 Å². The smallest absolute Gasteiger partial charge is 0.254 e. The summed E-state index contributed by atoms with van der Waals surface area (Å²) in [6.07, 6.45) is 5.68. The summed E-state index contributed by atoms with van der Waals surface area (Å²) in [6.45, 7) is 5.70. The molecule has 0 fully saturated rings. The summed E-state index contributed by atoms with van der Waals surface area (Å²) < 4.78 is 3.46. The molecule has 0 bridgehead atoms. The molecule has 0 unspecified atom stereocenters. The van der Waals surface area contributed by atoms with E-state index in [4.69, 9.17) is 0 Å². The number of imidazole rings is 1. The highest BCUT2D eigenvalue weighted by Gasteiger charge is 2.18. The second-order valence-corrected chi connectivity index (χ2v) is 8.41. The summed E-state index contributed by atoms with van der Waals surface area (Å²) in [5, 5.41) is 19.7. The lowest BCUT2D eigenvalue weighted by Gasteiger charge is -2.20. The Balaban J connectivity index is 1.72. The van der Waals surface area contributed by atoms with Crippen molar-refractivity contribution in [3.8, 4) is 11.8 Å². The van der Waals surface area contributed by atoms with E-state index >= 15 is 0 Å². The van der Waals surface area contributed by atoms with Crippen LogP contribution in [-0.2, 0) is 6.42 Å². The van der Waals surface area contributed by atoms with Crippen LogP contribution in [0.5, 0.6) is 0 Å². The van der Waals surface area contributed by atoms with Gasteiger partial charge in [-0.15, -0.1) is 0 Å². The average Bonchev–Trinajstić information content (AvgIpc) is 3.22. The molecular weight excluding hydrogens is 412 g/mol. The molecule has 33 heavy (non-hydrogen) atoms. The van der Waals surface area contributed by atoms with E-state index in [1.807, 2.05) is 67.9 Å². The van der Waals surface area contributed by atoms with Crippen LogP contribution in [0.3, 0.4) is 0 Å². The third kappa shape index (κ3) is 4.64. The SMILES string of the molecule is Cc1cccc([C@H](CO)n2cc(C#N)cc(Cc3ccc(-n4cnc(C)c4)c(C)c3)c2=O)c1. The summed E-state index contributed by atoms with van der Waals surface area (Å²) in [5.41, 5.74) is 6.58. The Bertz CT molecular complexity index is 1410. The molecule has 0 radical (unpaired) electrons. The quantitative estimate of drug-likeness (QED) is 0.493. The van der Waals surface area contributed by atoms with E-state index in [-0.39, 0.29) is 12.2 Å². The van der Waals surface area contributed by atoms with Gasteiger partial charge in [-0.2, -0.15) is 5.26 Å². The van der Waals surface area contributed by atoms with Crippen LogP contribution in [0.25, 0.3) is 5.69 Å². The van der Waals surface area contributed by atoms with E-state index in [0.717, 1.165) is 33.6 Å². The minimum atomic E-state index is -0.557. The largest absolute Gasteiger partial charge is 0.394 e. The topological polar surface area (TPSA) is 83.8 Å². The lowest BCUT2D eigenvalue weighted by molar-refractivity contribution is 0.246. The third-order valence-electron chi connectivity index (χ3n) is 5.83. The molecule has 2 aromatic carbocycles. The van der Waals surface area contributed by atoms with E-state index in [2.05, 4.69) is 17.1 Å². The number of nitrogens with zero attached hydrogens (tertiary/aromatic N) is 4. The predicted octanol–water partition coefficient (Wildman–Crippen LogP) is 4.00. The van der Waals surface area contributed by atoms with Gasteiger partial charge in [-0.1, -0.05) is 42.0 Å². The van der Waals surface area contributed by atoms with Crippen molar-refractivity contribution in [3.05, 3.63) is 117 Å². The first kappa shape index (κ1) is 22.3. The molecule has 2 heterocycles. The Morgan fingerprint density at radius 3 is 2.55 bits per heavy atom. The number of aryl methyl sites for hydroxylation is 3. The number of aliphatic hydroxyl groups is 1. The summed E-state index contributed by atoms with van der Waals surface area (Å²) in [7, 11) is 0. The third-order valence-corrected chi connectivity index (χ3v) is 5.83. The number of hydrogen-bond donors (Lipinski definition) is 1. The summed E-state index contributed by atoms with van der Waals surface area (Å²) in [5.74, 6) is 0. The predicted molar refractivity (Wildman–Crippen MR) is 128 cm³/mol. The molecule has 0 aliphatic rings. The molecule has 0 saturated heterocycles. The fraction of sp³-hybridized carbons (Fsp3) is 0.222. The highest BCUT2D eigenvalue weighted by molar-refractivity contribution is 5.44. The maximum atomic E-state index is 13.4. The Kier molecular flexibility index (Phi) is 6.25. The molecular formula is C27H26N4O2. The van der Waals surface area contributed by atoms with E-state index in [1.165, 1.54) is 10.8 Å². The standard InChI is InChI=1S/C27H26N4O2/c1-18-5-4-6-23(9-18)26(16-32)31-15-22(13-28)12-24(27(31)33)11-21-7-8-25(19(2)10-21)30-14-20(3)29-17-30/h4-10,12,14-15,17,26,32H,11,16H2,1-3H3/t26-/m0/s1. The van der Waals surface area contributed by atoms with Crippen LogP contribution in [-0.4, -0.2) is 25.8 Å². The first-order valence-electron chi connectivity index (χ1n) is 10.8. The van der Waals surface area contributed by atoms with Gasteiger partial charge in [0.2, 0.25) is 0 Å². The van der Waals surface area contributed by atoms with Crippen molar-refractivity contribution < 1.29 is 5.11 Å². The second-order valence-electron chi connectivity index (χ2n) is 8.41. The van der Waals surface area contributed by atoms with Crippen LogP contribution in [0.1, 0.15) is 45.1 Å². The molecule has 6 nitrogen and oxygen atoms in total. The zero-order chi connectivity index (χ0) is 23.5. The monoisotopic (exact) mass is 438 g/mol. The first-order chi connectivity index (χ1) is 15.9. The average molecular weight is 439 g/mol. The molecule has 4 rings (SSSR count). The molecule has 0 aliphatic heterocycles. The number of hydrogen-bond acceptors (Lipinski definition) is 4. The minimum absolute atomic E-state index is 0.207. The summed E-state index contributed by atoms with van der Waals surface area (Å²) in [6, 6.07) is 17.0. The maximum Gasteiger partial charge on any atom is 0.254 e. The number of benzene rings is 2. The molecule has 6 heteroatoms. The van der Waals surface area contributed by atoms with Gasteiger partial charge in [0.05, 0.1) is 30.2 Å². The normalized spacial score (nSPS) is 11.8. The number of aromatic nitrogens is 3. The number of nitriles is 1. The van der Waals surface area contributed by atoms with Crippen molar-refractivity contribution in [2.24, 2.45) is 0 Å². The summed E-state index contributed by atoms with van der Waals surface area (Å²) in [4.78, 5) is 17.7. The van der Waals surface area contributed by atoms with Gasteiger partial charge in [0.15, 0.2) is 0 Å². The molecule has 0 amide bonds. The van der Waals surface area contributed by atoms with Gasteiger partial charge in [-0.3, -0.25) is 4.79 Å². The Labute approximate surface area is 193 Å². The van der Waals surface area contributed by atoms with E-state index < -0.39 is 6.04 Å². The van der Waals surface area contributed by atoms with Gasteiger partial charge < -0.3 is 14.2 Å². The zero-order valence-corrected chi connectivity index (χ0v) is 19.0. The van der Waals surface area contributed by atoms with Crippen molar-refractivity contribution in [3.63, 3.8) is 0 Å². The highest BCUT2D eigenvalue weighted by Crippen LogP contribution is 2.21. The van der Waals surface area contributed by atoms with Gasteiger partial charge in [0, 0.05) is 30.1 Å². The van der Waals surface area contributed by atoms with Crippen molar-refractivity contribution in [2.75, 3.05) is 6.61 Å². The van der Waals surface area contributed by atoms with E-state index in [0.29, 0.717) is 17.5 Å². The molecule has 4 aromatic rings. The minimum Gasteiger partial charge on any atom is -0.394 e. The molecule has 166 valence electrons. The lowest BCUT2D eigenvalue weighted by Crippen LogP contribution is -2.30. The van der Waals surface area contributed by atoms with Gasteiger partial charge in [0.1, 0.15) is 6.07 Å². The van der Waals surface area contributed by atoms with Crippen molar-refractivity contribution in [1.29, 1.82) is 5.26 Å². The van der Waals surface area contributed by atoms with Crippen LogP contribution in [0.2, 0.25) is 0 Å². The zero-order valence-electron chi connectivity index (χ0n) is 19.0. The van der Waals surface area contributed by atoms with Crippen LogP contribution in [0.4, 0.5) is 0 Å². The fourth-order valence-corrected chi connectivity index (χ4v) is 4.20. The molecule has 0 spiro atoms. The maximum absolute atomic E-state index is 13.4. The van der Waals surface area contributed by atoms with Crippen molar-refractivity contribution >= 4 is 0 Å². The molecule has 0 saturated carbocycles. The first-order valence-corrected chi connectivity index (χ1v) is 10.8. The van der Waals surface area contributed by atoms with Gasteiger partial charge in [-0.05, 0) is 49.6 Å². The number of rotatable bonds is 6. The molecule has 2 aromatic heterocycles. The Hall–Kier alpha value is -3.95. The molecule has 1 atom stereocenters. The molecule has 0 aliphatic carbocycles. The van der Waals surface area contributed by atoms with E-state index in [9.17, 15) is 15.2 Å². The Morgan fingerprint density at radius 1 is 1.09 bits per heavy atom. The lowest BCUT2D eigenvalue weighted by atomic mass is 10.0. The fourth-order valence-electron chi connectivity index (χ4n) is 4.20. The van der Waals surface area contributed by atoms with Crippen LogP contribution in [0.15, 0.2) is 72.0 Å². The Morgan fingerprint density at radius 2 is 1.91 bits per heavy atom. The molecule has 1 N–H and O–H groups in total. The van der Waals surface area contributed by atoms with Crippen molar-refractivity contribution in [2.45, 2.75) is 33.2 Å². The van der Waals surface area contributed by atoms with Gasteiger partial charge in [0.25, 0.3) is 5.56 Å². The van der Waals surface area contributed by atoms with Gasteiger partial charge >= 0.3 is 0 Å². The van der Waals surface area contributed by atoms with E-state index in [1.54, 1.807) is 12.4 Å². The van der Waals surface area contributed by atoms with Crippen LogP contribution in [0, 0.1) is 32.1 Å². The number of pyridine rings is 1. The van der Waals surface area contributed by atoms with Crippen LogP contribution >= 0.6 is 0 Å². The second kappa shape index (κ2) is 9.27. The van der Waals surface area contributed by atoms with Crippen LogP contribution < -0.4 is 5.56 Å². The van der Waals surface area contributed by atoms with Crippen molar-refractivity contribution in [1.82, 2.24) is 14.1 Å². The highest BCUT2D eigenvalue weighted by atomic mass is 16.3. The number of aliphatic hydroxyl groups excluding tert-OH is 1. The summed E-state index contributed by atoms with van der Waals surface area (Å²) >= 11 is 0.